The van der Waals surface area contributed by atoms with Crippen LogP contribution in [0.25, 0.3) is 0 Å². The van der Waals surface area contributed by atoms with Crippen molar-refractivity contribution in [2.75, 3.05) is 7.11 Å². The highest BCUT2D eigenvalue weighted by Gasteiger charge is 2.18. The topological polar surface area (TPSA) is 47.6 Å². The number of carbonyl (C=O) groups excluding carboxylic acids is 1. The van der Waals surface area contributed by atoms with Crippen LogP contribution in [0, 0.1) is 0 Å². The lowest BCUT2D eigenvalue weighted by Gasteiger charge is -2.19. The third-order valence-corrected chi connectivity index (χ3v) is 3.97. The Morgan fingerprint density at radius 2 is 1.75 bits per heavy atom. The van der Waals surface area contributed by atoms with Crippen molar-refractivity contribution < 1.29 is 14.3 Å². The van der Waals surface area contributed by atoms with E-state index in [1.54, 1.807) is 26.2 Å². The highest BCUT2D eigenvalue weighted by atomic mass is 16.5. The lowest BCUT2D eigenvalue weighted by atomic mass is 10.0. The van der Waals surface area contributed by atoms with Crippen molar-refractivity contribution in [2.24, 2.45) is 0 Å². The van der Waals surface area contributed by atoms with Crippen LogP contribution in [0.4, 0.5) is 0 Å². The first-order valence-electron chi connectivity index (χ1n) is 8.23. The van der Waals surface area contributed by atoms with E-state index >= 15 is 0 Å². The molecule has 0 unspecified atom stereocenters. The molecule has 0 aliphatic carbocycles. The van der Waals surface area contributed by atoms with Gasteiger partial charge in [-0.15, -0.1) is 0 Å². The standard InChI is InChI=1S/C20H25NO3/c1-5-16-9-11-17(12-10-16)14(2)21-20(22)15(3)24-19-8-6-7-18(13-19)23-4/h6-15H,5H2,1-4H3,(H,21,22)/t14-,15+/m0/s1. The van der Waals surface area contributed by atoms with Crippen molar-refractivity contribution in [3.05, 3.63) is 59.7 Å². The summed E-state index contributed by atoms with van der Waals surface area (Å²) in [5.74, 6) is 1.16. The first-order valence-corrected chi connectivity index (χ1v) is 8.23. The quantitative estimate of drug-likeness (QED) is 0.839. The summed E-state index contributed by atoms with van der Waals surface area (Å²) in [5.41, 5.74) is 2.36. The third-order valence-electron chi connectivity index (χ3n) is 3.97. The van der Waals surface area contributed by atoms with E-state index in [1.165, 1.54) is 5.56 Å². The van der Waals surface area contributed by atoms with E-state index in [9.17, 15) is 4.79 Å². The average Bonchev–Trinajstić information content (AvgIpc) is 2.61. The highest BCUT2D eigenvalue weighted by Crippen LogP contribution is 2.20. The van der Waals surface area contributed by atoms with Gasteiger partial charge in [-0.3, -0.25) is 4.79 Å². The Morgan fingerprint density at radius 1 is 1.08 bits per heavy atom. The molecule has 0 aliphatic rings. The summed E-state index contributed by atoms with van der Waals surface area (Å²) < 4.78 is 10.9. The minimum Gasteiger partial charge on any atom is -0.497 e. The summed E-state index contributed by atoms with van der Waals surface area (Å²) in [6.45, 7) is 5.83. The van der Waals surface area contributed by atoms with Gasteiger partial charge in [-0.2, -0.15) is 0 Å². The molecule has 0 heterocycles. The number of rotatable bonds is 7. The van der Waals surface area contributed by atoms with Crippen LogP contribution >= 0.6 is 0 Å². The van der Waals surface area contributed by atoms with Crippen molar-refractivity contribution in [1.29, 1.82) is 0 Å². The third kappa shape index (κ3) is 4.75. The van der Waals surface area contributed by atoms with E-state index < -0.39 is 6.10 Å². The minimum absolute atomic E-state index is 0.0697. The fourth-order valence-electron chi connectivity index (χ4n) is 2.39. The largest absolute Gasteiger partial charge is 0.497 e. The van der Waals surface area contributed by atoms with E-state index in [0.29, 0.717) is 11.5 Å². The van der Waals surface area contributed by atoms with Crippen molar-refractivity contribution in [3.8, 4) is 11.5 Å². The van der Waals surface area contributed by atoms with Crippen LogP contribution in [0.5, 0.6) is 11.5 Å². The Balaban J connectivity index is 1.94. The Morgan fingerprint density at radius 3 is 2.38 bits per heavy atom. The predicted molar refractivity (Wildman–Crippen MR) is 95.5 cm³/mol. The summed E-state index contributed by atoms with van der Waals surface area (Å²) in [5, 5.41) is 2.99. The smallest absolute Gasteiger partial charge is 0.261 e. The van der Waals surface area contributed by atoms with Crippen molar-refractivity contribution in [1.82, 2.24) is 5.32 Å². The molecule has 1 N–H and O–H groups in total. The van der Waals surface area contributed by atoms with Gasteiger partial charge in [0.05, 0.1) is 13.2 Å². The van der Waals surface area contributed by atoms with Crippen LogP contribution in [0.2, 0.25) is 0 Å². The molecule has 128 valence electrons. The summed E-state index contributed by atoms with van der Waals surface area (Å²) in [6.07, 6.45) is 0.418. The molecule has 2 atom stereocenters. The number of carbonyl (C=O) groups is 1. The first kappa shape index (κ1) is 17.9. The van der Waals surface area contributed by atoms with Gasteiger partial charge in [0.15, 0.2) is 6.10 Å². The van der Waals surface area contributed by atoms with Crippen molar-refractivity contribution >= 4 is 5.91 Å². The molecule has 0 bridgehead atoms. The van der Waals surface area contributed by atoms with Gasteiger partial charge in [-0.1, -0.05) is 37.3 Å². The monoisotopic (exact) mass is 327 g/mol. The molecule has 0 aromatic heterocycles. The molecule has 0 fully saturated rings. The van der Waals surface area contributed by atoms with Gasteiger partial charge in [0, 0.05) is 6.07 Å². The Labute approximate surface area is 143 Å². The number of hydrogen-bond donors (Lipinski definition) is 1. The number of ether oxygens (including phenoxy) is 2. The Kier molecular flexibility index (Phi) is 6.24. The predicted octanol–water partition coefficient (Wildman–Crippen LogP) is 3.90. The van der Waals surface area contributed by atoms with Gasteiger partial charge in [-0.05, 0) is 43.5 Å². The maximum Gasteiger partial charge on any atom is 0.261 e. The normalized spacial score (nSPS) is 13.0. The van der Waals surface area contributed by atoms with E-state index in [4.69, 9.17) is 9.47 Å². The zero-order valence-electron chi connectivity index (χ0n) is 14.7. The molecular weight excluding hydrogens is 302 g/mol. The lowest BCUT2D eigenvalue weighted by molar-refractivity contribution is -0.127. The highest BCUT2D eigenvalue weighted by molar-refractivity contribution is 5.81. The van der Waals surface area contributed by atoms with Gasteiger partial charge in [0.2, 0.25) is 0 Å². The van der Waals surface area contributed by atoms with E-state index in [0.717, 1.165) is 12.0 Å². The molecular formula is C20H25NO3. The van der Waals surface area contributed by atoms with Crippen LogP contribution in [-0.4, -0.2) is 19.1 Å². The zero-order chi connectivity index (χ0) is 17.5. The Bertz CT molecular complexity index is 667. The molecule has 0 spiro atoms. The maximum absolute atomic E-state index is 12.3. The lowest BCUT2D eigenvalue weighted by Crippen LogP contribution is -2.37. The molecule has 24 heavy (non-hydrogen) atoms. The molecule has 0 aliphatic heterocycles. The molecule has 1 amide bonds. The van der Waals surface area contributed by atoms with Gasteiger partial charge < -0.3 is 14.8 Å². The van der Waals surface area contributed by atoms with Crippen LogP contribution in [-0.2, 0) is 11.2 Å². The van der Waals surface area contributed by atoms with Crippen LogP contribution in [0.3, 0.4) is 0 Å². The van der Waals surface area contributed by atoms with Crippen molar-refractivity contribution in [2.45, 2.75) is 39.3 Å². The molecule has 0 saturated carbocycles. The number of benzene rings is 2. The van der Waals surface area contributed by atoms with Crippen molar-refractivity contribution in [3.63, 3.8) is 0 Å². The molecule has 4 heteroatoms. The van der Waals surface area contributed by atoms with Crippen LogP contribution in [0.15, 0.2) is 48.5 Å². The molecule has 4 nitrogen and oxygen atoms in total. The minimum atomic E-state index is -0.588. The molecule has 2 aromatic rings. The van der Waals surface area contributed by atoms with Gasteiger partial charge in [0.25, 0.3) is 5.91 Å². The summed E-state index contributed by atoms with van der Waals surface area (Å²) in [6, 6.07) is 15.4. The molecule has 0 saturated heterocycles. The zero-order valence-corrected chi connectivity index (χ0v) is 14.7. The Hall–Kier alpha value is -2.49. The van der Waals surface area contributed by atoms with E-state index in [1.807, 2.05) is 19.1 Å². The molecule has 2 rings (SSSR count). The number of hydrogen-bond acceptors (Lipinski definition) is 3. The number of nitrogens with one attached hydrogen (secondary N) is 1. The summed E-state index contributed by atoms with van der Waals surface area (Å²) in [7, 11) is 1.60. The maximum atomic E-state index is 12.3. The van der Waals surface area contributed by atoms with Gasteiger partial charge in [-0.25, -0.2) is 0 Å². The second-order valence-electron chi connectivity index (χ2n) is 5.76. The van der Waals surface area contributed by atoms with E-state index in [-0.39, 0.29) is 11.9 Å². The van der Waals surface area contributed by atoms with E-state index in [2.05, 4.69) is 36.5 Å². The average molecular weight is 327 g/mol. The van der Waals surface area contributed by atoms with Crippen LogP contribution < -0.4 is 14.8 Å². The number of amides is 1. The van der Waals surface area contributed by atoms with Crippen LogP contribution in [0.1, 0.15) is 37.9 Å². The SMILES string of the molecule is CCc1ccc([C@H](C)NC(=O)[C@@H](C)Oc2cccc(OC)c2)cc1. The van der Waals surface area contributed by atoms with Gasteiger partial charge >= 0.3 is 0 Å². The first-order chi connectivity index (χ1) is 11.5. The number of aryl methyl sites for hydroxylation is 1. The van der Waals surface area contributed by atoms with Gasteiger partial charge in [0.1, 0.15) is 11.5 Å². The molecule has 0 radical (unpaired) electrons. The summed E-state index contributed by atoms with van der Waals surface area (Å²) in [4.78, 5) is 12.3. The summed E-state index contributed by atoms with van der Waals surface area (Å²) >= 11 is 0. The fourth-order valence-corrected chi connectivity index (χ4v) is 2.39. The number of methoxy groups -OCH3 is 1. The fraction of sp³-hybridized carbons (Fsp3) is 0.350. The second kappa shape index (κ2) is 8.39. The molecule has 2 aromatic carbocycles. The second-order valence-corrected chi connectivity index (χ2v) is 5.76.